The Morgan fingerprint density at radius 3 is 2.94 bits per heavy atom. The predicted molar refractivity (Wildman–Crippen MR) is 72.2 cm³/mol. The first-order valence-corrected chi connectivity index (χ1v) is 7.11. The van der Waals surface area contributed by atoms with E-state index in [2.05, 4.69) is 15.9 Å². The van der Waals surface area contributed by atoms with Gasteiger partial charge in [0.15, 0.2) is 0 Å². The van der Waals surface area contributed by atoms with E-state index in [9.17, 15) is 4.79 Å². The van der Waals surface area contributed by atoms with Gasteiger partial charge in [-0.2, -0.15) is 0 Å². The summed E-state index contributed by atoms with van der Waals surface area (Å²) in [6, 6.07) is 8.03. The fraction of sp³-hybridized carbons (Fsp3) is 0.417. The molecule has 92 valence electrons. The van der Waals surface area contributed by atoms with Crippen molar-refractivity contribution >= 4 is 33.7 Å². The van der Waals surface area contributed by atoms with Crippen LogP contribution in [0.5, 0.6) is 0 Å². The zero-order valence-electron chi connectivity index (χ0n) is 9.23. The fourth-order valence-electron chi connectivity index (χ4n) is 2.06. The van der Waals surface area contributed by atoms with Crippen molar-refractivity contribution in [1.29, 1.82) is 0 Å². The lowest BCUT2D eigenvalue weighted by molar-refractivity contribution is -0.143. The van der Waals surface area contributed by atoms with Crippen LogP contribution in [0.4, 0.5) is 0 Å². The molecular weight excluding hydrogens is 302 g/mol. The lowest BCUT2D eigenvalue weighted by Crippen LogP contribution is -2.45. The number of carbonyl (C=O) groups is 1. The van der Waals surface area contributed by atoms with Crippen LogP contribution in [-0.4, -0.2) is 21.9 Å². The molecule has 2 atom stereocenters. The summed E-state index contributed by atoms with van der Waals surface area (Å²) in [6.07, 6.45) is 1.97. The van der Waals surface area contributed by atoms with Crippen LogP contribution in [0.2, 0.25) is 0 Å². The van der Waals surface area contributed by atoms with Crippen LogP contribution in [0.1, 0.15) is 19.3 Å². The maximum Gasteiger partial charge on any atom is 0.323 e. The van der Waals surface area contributed by atoms with Crippen molar-refractivity contribution < 1.29 is 9.90 Å². The van der Waals surface area contributed by atoms with Crippen molar-refractivity contribution in [2.24, 2.45) is 5.73 Å². The molecule has 3 N–H and O–H groups in total. The van der Waals surface area contributed by atoms with Gasteiger partial charge >= 0.3 is 5.97 Å². The lowest BCUT2D eigenvalue weighted by atomic mass is 10.0. The summed E-state index contributed by atoms with van der Waals surface area (Å²) in [5.74, 6) is -0.880. The molecule has 1 aliphatic rings. The van der Waals surface area contributed by atoms with Crippen molar-refractivity contribution in [1.82, 2.24) is 0 Å². The quantitative estimate of drug-likeness (QED) is 0.900. The molecule has 0 aromatic heterocycles. The molecule has 0 bridgehead atoms. The van der Waals surface area contributed by atoms with E-state index in [1.54, 1.807) is 11.8 Å². The molecule has 0 amide bonds. The molecule has 0 saturated heterocycles. The van der Waals surface area contributed by atoms with E-state index in [1.165, 1.54) is 0 Å². The number of carboxylic acids is 1. The maximum absolute atomic E-state index is 11.0. The summed E-state index contributed by atoms with van der Waals surface area (Å²) < 4.78 is 1.04. The van der Waals surface area contributed by atoms with Gasteiger partial charge in [-0.3, -0.25) is 4.79 Å². The molecular formula is C12H14BrNO2S. The van der Waals surface area contributed by atoms with Gasteiger partial charge in [-0.15, -0.1) is 11.8 Å². The van der Waals surface area contributed by atoms with Gasteiger partial charge in [0.25, 0.3) is 0 Å². The largest absolute Gasteiger partial charge is 0.480 e. The molecule has 17 heavy (non-hydrogen) atoms. The van der Waals surface area contributed by atoms with Crippen LogP contribution in [0.25, 0.3) is 0 Å². The molecule has 2 rings (SSSR count). The summed E-state index contributed by atoms with van der Waals surface area (Å²) in [6.45, 7) is 0. The third kappa shape index (κ3) is 3.03. The number of hydrogen-bond donors (Lipinski definition) is 2. The van der Waals surface area contributed by atoms with Gasteiger partial charge in [0.1, 0.15) is 5.54 Å². The van der Waals surface area contributed by atoms with Crippen LogP contribution in [0.15, 0.2) is 33.6 Å². The highest BCUT2D eigenvalue weighted by Crippen LogP contribution is 2.39. The standard InChI is InChI=1S/C12H14BrNO2S/c13-8-2-1-3-9(6-8)17-10-4-5-12(14,7-10)11(15)16/h1-3,6,10H,4-5,7,14H2,(H,15,16). The lowest BCUT2D eigenvalue weighted by Gasteiger charge is -2.17. The predicted octanol–water partition coefficient (Wildman–Crippen LogP) is 2.88. The Bertz CT molecular complexity index is 440. The van der Waals surface area contributed by atoms with Crippen molar-refractivity contribution in [3.05, 3.63) is 28.7 Å². The minimum absolute atomic E-state index is 0.297. The zero-order valence-corrected chi connectivity index (χ0v) is 11.6. The highest BCUT2D eigenvalue weighted by molar-refractivity contribution is 9.10. The van der Waals surface area contributed by atoms with Crippen LogP contribution >= 0.6 is 27.7 Å². The van der Waals surface area contributed by atoms with Gasteiger partial charge in [-0.05, 0) is 37.5 Å². The molecule has 1 aliphatic carbocycles. The van der Waals surface area contributed by atoms with E-state index < -0.39 is 11.5 Å². The smallest absolute Gasteiger partial charge is 0.323 e. The minimum atomic E-state index is -1.02. The van der Waals surface area contributed by atoms with Crippen LogP contribution in [0, 0.1) is 0 Å². The number of thioether (sulfide) groups is 1. The highest BCUT2D eigenvalue weighted by Gasteiger charge is 2.42. The third-order valence-corrected chi connectivity index (χ3v) is 4.78. The van der Waals surface area contributed by atoms with Crippen molar-refractivity contribution in [2.45, 2.75) is 34.9 Å². The topological polar surface area (TPSA) is 63.3 Å². The Kier molecular flexibility index (Phi) is 3.80. The Morgan fingerprint density at radius 1 is 1.59 bits per heavy atom. The van der Waals surface area contributed by atoms with Crippen molar-refractivity contribution in [3.8, 4) is 0 Å². The maximum atomic E-state index is 11.0. The molecule has 0 aliphatic heterocycles. The summed E-state index contributed by atoms with van der Waals surface area (Å²) in [5, 5.41) is 9.36. The highest BCUT2D eigenvalue weighted by atomic mass is 79.9. The number of benzene rings is 1. The second-order valence-electron chi connectivity index (χ2n) is 4.40. The van der Waals surface area contributed by atoms with E-state index in [0.717, 1.165) is 15.8 Å². The van der Waals surface area contributed by atoms with E-state index in [1.807, 2.05) is 24.3 Å². The minimum Gasteiger partial charge on any atom is -0.480 e. The summed E-state index contributed by atoms with van der Waals surface area (Å²) in [4.78, 5) is 12.2. The number of halogens is 1. The van der Waals surface area contributed by atoms with Crippen LogP contribution in [-0.2, 0) is 4.79 Å². The number of nitrogens with two attached hydrogens (primary N) is 1. The van der Waals surface area contributed by atoms with E-state index >= 15 is 0 Å². The second kappa shape index (κ2) is 5.00. The number of hydrogen-bond acceptors (Lipinski definition) is 3. The van der Waals surface area contributed by atoms with Crippen LogP contribution < -0.4 is 5.73 Å². The average molecular weight is 316 g/mol. The zero-order chi connectivity index (χ0) is 12.5. The van der Waals surface area contributed by atoms with Gasteiger partial charge in [0, 0.05) is 14.6 Å². The van der Waals surface area contributed by atoms with Gasteiger partial charge < -0.3 is 10.8 Å². The molecule has 0 spiro atoms. The fourth-order valence-corrected chi connectivity index (χ4v) is 3.96. The van der Waals surface area contributed by atoms with Crippen molar-refractivity contribution in [2.75, 3.05) is 0 Å². The van der Waals surface area contributed by atoms with E-state index in [0.29, 0.717) is 18.1 Å². The first-order valence-electron chi connectivity index (χ1n) is 5.44. The molecule has 0 radical (unpaired) electrons. The van der Waals surface area contributed by atoms with E-state index in [4.69, 9.17) is 10.8 Å². The molecule has 2 unspecified atom stereocenters. The molecule has 1 aromatic rings. The van der Waals surface area contributed by atoms with Gasteiger partial charge in [0.05, 0.1) is 0 Å². The number of aliphatic carboxylic acids is 1. The Morgan fingerprint density at radius 2 is 2.35 bits per heavy atom. The molecule has 1 saturated carbocycles. The van der Waals surface area contributed by atoms with Crippen LogP contribution in [0.3, 0.4) is 0 Å². The Hall–Kier alpha value is -0.520. The monoisotopic (exact) mass is 315 g/mol. The van der Waals surface area contributed by atoms with Gasteiger partial charge in [-0.1, -0.05) is 22.0 Å². The molecule has 1 aromatic carbocycles. The Labute approximate surface area is 113 Å². The SMILES string of the molecule is NC1(C(=O)O)CCC(Sc2cccc(Br)c2)C1. The number of rotatable bonds is 3. The van der Waals surface area contributed by atoms with Gasteiger partial charge in [0.2, 0.25) is 0 Å². The molecule has 5 heteroatoms. The average Bonchev–Trinajstić information content (AvgIpc) is 2.61. The van der Waals surface area contributed by atoms with Crippen molar-refractivity contribution in [3.63, 3.8) is 0 Å². The van der Waals surface area contributed by atoms with E-state index in [-0.39, 0.29) is 0 Å². The first kappa shape index (κ1) is 12.9. The third-order valence-electron chi connectivity index (χ3n) is 3.03. The molecule has 0 heterocycles. The second-order valence-corrected chi connectivity index (χ2v) is 6.69. The molecule has 3 nitrogen and oxygen atoms in total. The summed E-state index contributed by atoms with van der Waals surface area (Å²) in [7, 11) is 0. The Balaban J connectivity index is 2.01. The number of carboxylic acid groups (broad SMARTS) is 1. The first-order chi connectivity index (χ1) is 7.99. The summed E-state index contributed by atoms with van der Waals surface area (Å²) >= 11 is 5.14. The normalized spacial score (nSPS) is 28.2. The summed E-state index contributed by atoms with van der Waals surface area (Å²) in [5.41, 5.74) is 4.83. The van der Waals surface area contributed by atoms with Gasteiger partial charge in [-0.25, -0.2) is 0 Å². The molecule has 1 fully saturated rings.